The van der Waals surface area contributed by atoms with Gasteiger partial charge in [0.15, 0.2) is 5.82 Å². The molecule has 1 N–H and O–H groups in total. The molecule has 0 unspecified atom stereocenters. The molecular formula is C17H16BrN5O. The topological polar surface area (TPSA) is 64.7 Å². The quantitative estimate of drug-likeness (QED) is 0.734. The Balaban J connectivity index is 1.90. The van der Waals surface area contributed by atoms with Crippen molar-refractivity contribution in [3.63, 3.8) is 0 Å². The van der Waals surface area contributed by atoms with Gasteiger partial charge in [0.2, 0.25) is 5.91 Å². The SMILES string of the molecule is CC(=O)Nc1cc2n(n1)CCCc1cnn(-c3ccccc3Br)c1-2. The third kappa shape index (κ3) is 2.54. The van der Waals surface area contributed by atoms with Crippen LogP contribution in [0.2, 0.25) is 0 Å². The van der Waals surface area contributed by atoms with Crippen LogP contribution < -0.4 is 5.32 Å². The van der Waals surface area contributed by atoms with E-state index in [9.17, 15) is 4.79 Å². The number of aryl methyl sites for hydroxylation is 2. The number of fused-ring (bicyclic) bond motifs is 3. The van der Waals surface area contributed by atoms with E-state index >= 15 is 0 Å². The zero-order valence-electron chi connectivity index (χ0n) is 13.2. The molecule has 3 aromatic rings. The number of amides is 1. The van der Waals surface area contributed by atoms with Crippen molar-refractivity contribution < 1.29 is 4.79 Å². The molecule has 2 aromatic heterocycles. The maximum atomic E-state index is 11.3. The first-order valence-electron chi connectivity index (χ1n) is 7.81. The lowest BCUT2D eigenvalue weighted by Gasteiger charge is -2.10. The average molecular weight is 386 g/mol. The van der Waals surface area contributed by atoms with Gasteiger partial charge in [-0.3, -0.25) is 9.48 Å². The monoisotopic (exact) mass is 385 g/mol. The number of halogens is 1. The summed E-state index contributed by atoms with van der Waals surface area (Å²) < 4.78 is 4.87. The molecule has 24 heavy (non-hydrogen) atoms. The van der Waals surface area contributed by atoms with Crippen molar-refractivity contribution in [2.75, 3.05) is 5.32 Å². The fourth-order valence-corrected chi connectivity index (χ4v) is 3.54. The number of nitrogens with one attached hydrogen (secondary N) is 1. The standard InChI is InChI=1S/C17H16BrN5O/c1-11(24)20-16-9-15-17-12(5-4-8-22(15)21-16)10-19-23(17)14-7-3-2-6-13(14)18/h2-3,6-7,9-10H,4-5,8H2,1H3,(H,20,21,24). The van der Waals surface area contributed by atoms with Crippen LogP contribution in [0.15, 0.2) is 41.0 Å². The van der Waals surface area contributed by atoms with Crippen LogP contribution in [0.1, 0.15) is 18.9 Å². The fraction of sp³-hybridized carbons (Fsp3) is 0.235. The lowest BCUT2D eigenvalue weighted by molar-refractivity contribution is -0.114. The van der Waals surface area contributed by atoms with Crippen LogP contribution >= 0.6 is 15.9 Å². The zero-order chi connectivity index (χ0) is 16.7. The number of carbonyl (C=O) groups is 1. The Labute approximate surface area is 147 Å². The van der Waals surface area contributed by atoms with Crippen LogP contribution in [0.4, 0.5) is 5.82 Å². The highest BCUT2D eigenvalue weighted by Gasteiger charge is 2.23. The number of hydrogen-bond donors (Lipinski definition) is 1. The first kappa shape index (κ1) is 15.1. The molecule has 1 amide bonds. The number of rotatable bonds is 2. The Morgan fingerprint density at radius 3 is 2.96 bits per heavy atom. The molecule has 6 nitrogen and oxygen atoms in total. The van der Waals surface area contributed by atoms with Gasteiger partial charge in [-0.2, -0.15) is 10.2 Å². The van der Waals surface area contributed by atoms with E-state index in [1.54, 1.807) is 0 Å². The minimum atomic E-state index is -0.122. The maximum absolute atomic E-state index is 11.3. The molecule has 0 aliphatic carbocycles. The molecule has 1 aromatic carbocycles. The second-order valence-electron chi connectivity index (χ2n) is 5.80. The fourth-order valence-electron chi connectivity index (χ4n) is 3.08. The Morgan fingerprint density at radius 1 is 1.33 bits per heavy atom. The maximum Gasteiger partial charge on any atom is 0.222 e. The number of anilines is 1. The largest absolute Gasteiger partial charge is 0.309 e. The molecule has 4 rings (SSSR count). The summed E-state index contributed by atoms with van der Waals surface area (Å²) in [5.41, 5.74) is 4.18. The highest BCUT2D eigenvalue weighted by atomic mass is 79.9. The van der Waals surface area contributed by atoms with E-state index in [2.05, 4.69) is 31.4 Å². The summed E-state index contributed by atoms with van der Waals surface area (Å²) in [7, 11) is 0. The van der Waals surface area contributed by atoms with Crippen molar-refractivity contribution in [2.24, 2.45) is 0 Å². The summed E-state index contributed by atoms with van der Waals surface area (Å²) >= 11 is 3.60. The van der Waals surface area contributed by atoms with Gasteiger partial charge in [0.25, 0.3) is 0 Å². The van der Waals surface area contributed by atoms with Crippen LogP contribution in [-0.4, -0.2) is 25.5 Å². The van der Waals surface area contributed by atoms with Crippen LogP contribution in [0.25, 0.3) is 17.1 Å². The first-order chi connectivity index (χ1) is 11.6. The van der Waals surface area contributed by atoms with Gasteiger partial charge in [-0.15, -0.1) is 0 Å². The summed E-state index contributed by atoms with van der Waals surface area (Å²) in [6, 6.07) is 9.91. The number of hydrogen-bond acceptors (Lipinski definition) is 3. The summed E-state index contributed by atoms with van der Waals surface area (Å²) in [6.07, 6.45) is 3.87. The normalized spacial score (nSPS) is 13.1. The Kier molecular flexibility index (Phi) is 3.72. The Bertz CT molecular complexity index is 927. The van der Waals surface area contributed by atoms with Gasteiger partial charge < -0.3 is 5.32 Å². The molecule has 0 saturated carbocycles. The van der Waals surface area contributed by atoms with Crippen molar-refractivity contribution >= 4 is 27.7 Å². The van der Waals surface area contributed by atoms with Gasteiger partial charge in [0.05, 0.1) is 23.3 Å². The number of carbonyl (C=O) groups excluding carboxylic acids is 1. The molecular weight excluding hydrogens is 370 g/mol. The van der Waals surface area contributed by atoms with Crippen molar-refractivity contribution in [1.29, 1.82) is 0 Å². The summed E-state index contributed by atoms with van der Waals surface area (Å²) in [6.45, 7) is 2.31. The lowest BCUT2D eigenvalue weighted by atomic mass is 10.1. The van der Waals surface area contributed by atoms with E-state index < -0.39 is 0 Å². The van der Waals surface area contributed by atoms with Crippen molar-refractivity contribution in [2.45, 2.75) is 26.3 Å². The summed E-state index contributed by atoms with van der Waals surface area (Å²) in [5, 5.41) is 11.9. The lowest BCUT2D eigenvalue weighted by Crippen LogP contribution is -2.08. The van der Waals surface area contributed by atoms with Gasteiger partial charge in [0, 0.05) is 29.6 Å². The van der Waals surface area contributed by atoms with Gasteiger partial charge in [-0.1, -0.05) is 12.1 Å². The third-order valence-electron chi connectivity index (χ3n) is 4.07. The smallest absolute Gasteiger partial charge is 0.222 e. The predicted molar refractivity (Wildman–Crippen MR) is 95.1 cm³/mol. The van der Waals surface area contributed by atoms with Crippen LogP contribution in [0, 0.1) is 0 Å². The van der Waals surface area contributed by atoms with Crippen LogP contribution in [0.5, 0.6) is 0 Å². The van der Waals surface area contributed by atoms with Gasteiger partial charge >= 0.3 is 0 Å². The average Bonchev–Trinajstić information content (AvgIpc) is 3.07. The predicted octanol–water partition coefficient (Wildman–Crippen LogP) is 3.40. The molecule has 0 radical (unpaired) electrons. The minimum Gasteiger partial charge on any atom is -0.309 e. The van der Waals surface area contributed by atoms with Crippen molar-refractivity contribution in [3.05, 3.63) is 46.6 Å². The molecule has 1 aliphatic rings. The van der Waals surface area contributed by atoms with E-state index in [0.29, 0.717) is 5.82 Å². The Hall–Kier alpha value is -2.41. The number of nitrogens with zero attached hydrogens (tertiary/aromatic N) is 4. The molecule has 0 fully saturated rings. The molecule has 7 heteroatoms. The summed E-state index contributed by atoms with van der Waals surface area (Å²) in [4.78, 5) is 11.3. The van der Waals surface area contributed by atoms with E-state index in [-0.39, 0.29) is 5.91 Å². The molecule has 0 atom stereocenters. The minimum absolute atomic E-state index is 0.122. The molecule has 1 aliphatic heterocycles. The highest BCUT2D eigenvalue weighted by Crippen LogP contribution is 2.33. The number of para-hydroxylation sites is 1. The number of benzene rings is 1. The second-order valence-corrected chi connectivity index (χ2v) is 6.66. The van der Waals surface area contributed by atoms with Crippen LogP contribution in [-0.2, 0) is 17.8 Å². The van der Waals surface area contributed by atoms with Gasteiger partial charge in [0.1, 0.15) is 0 Å². The van der Waals surface area contributed by atoms with Gasteiger partial charge in [-0.25, -0.2) is 4.68 Å². The molecule has 3 heterocycles. The molecule has 0 spiro atoms. The van der Waals surface area contributed by atoms with Gasteiger partial charge in [-0.05, 0) is 40.9 Å². The number of aromatic nitrogens is 4. The highest BCUT2D eigenvalue weighted by molar-refractivity contribution is 9.10. The second kappa shape index (κ2) is 5.90. The van der Waals surface area contributed by atoms with E-state index in [4.69, 9.17) is 0 Å². The third-order valence-corrected chi connectivity index (χ3v) is 4.74. The summed E-state index contributed by atoms with van der Waals surface area (Å²) in [5.74, 6) is 0.452. The van der Waals surface area contributed by atoms with Crippen LogP contribution in [0.3, 0.4) is 0 Å². The molecule has 0 bridgehead atoms. The molecule has 122 valence electrons. The molecule has 0 saturated heterocycles. The van der Waals surface area contributed by atoms with E-state index in [1.807, 2.05) is 45.9 Å². The van der Waals surface area contributed by atoms with Crippen molar-refractivity contribution in [3.8, 4) is 17.1 Å². The Morgan fingerprint density at radius 2 is 2.17 bits per heavy atom. The zero-order valence-corrected chi connectivity index (χ0v) is 14.7. The first-order valence-corrected chi connectivity index (χ1v) is 8.60. The van der Waals surface area contributed by atoms with E-state index in [0.717, 1.165) is 40.9 Å². The van der Waals surface area contributed by atoms with Crippen molar-refractivity contribution in [1.82, 2.24) is 19.6 Å². The van der Waals surface area contributed by atoms with E-state index in [1.165, 1.54) is 12.5 Å².